The summed E-state index contributed by atoms with van der Waals surface area (Å²) >= 11 is 8.31. The van der Waals surface area contributed by atoms with Gasteiger partial charge in [-0.2, -0.15) is 0 Å². The van der Waals surface area contributed by atoms with Crippen LogP contribution in [0, 0.1) is 0 Å². The van der Waals surface area contributed by atoms with Gasteiger partial charge in [-0.1, -0.05) is 29.8 Å². The number of amides is 1. The van der Waals surface area contributed by atoms with E-state index in [0.29, 0.717) is 42.7 Å². The van der Waals surface area contributed by atoms with Crippen LogP contribution in [-0.2, 0) is 4.74 Å². The molecular formula is C19H20ClN3O2S. The Bertz CT molecular complexity index is 811. The molecule has 7 heteroatoms. The number of pyridine rings is 1. The summed E-state index contributed by atoms with van der Waals surface area (Å²) in [7, 11) is 0. The van der Waals surface area contributed by atoms with Crippen LogP contribution in [0.3, 0.4) is 0 Å². The van der Waals surface area contributed by atoms with E-state index in [1.165, 1.54) is 10.5 Å². The van der Waals surface area contributed by atoms with Crippen LogP contribution in [0.1, 0.15) is 28.4 Å². The third-order valence-electron chi connectivity index (χ3n) is 4.66. The van der Waals surface area contributed by atoms with Crippen molar-refractivity contribution in [1.29, 1.82) is 0 Å². The van der Waals surface area contributed by atoms with E-state index in [-0.39, 0.29) is 11.9 Å². The average Bonchev–Trinajstić information content (AvgIpc) is 2.70. The van der Waals surface area contributed by atoms with Gasteiger partial charge in [-0.3, -0.25) is 4.79 Å². The lowest BCUT2D eigenvalue weighted by Crippen LogP contribution is -2.40. The molecule has 1 aromatic heterocycles. The largest absolute Gasteiger partial charge is 0.378 e. The van der Waals surface area contributed by atoms with Gasteiger partial charge in [-0.05, 0) is 24.1 Å². The zero-order chi connectivity index (χ0) is 17.9. The smallest absolute Gasteiger partial charge is 0.255 e. The van der Waals surface area contributed by atoms with Crippen molar-refractivity contribution in [3.05, 3.63) is 52.7 Å². The number of rotatable bonds is 3. The summed E-state index contributed by atoms with van der Waals surface area (Å²) < 4.78 is 5.29. The van der Waals surface area contributed by atoms with Crippen LogP contribution in [0.5, 0.6) is 0 Å². The zero-order valence-electron chi connectivity index (χ0n) is 14.3. The lowest BCUT2D eigenvalue weighted by atomic mass is 10.0. The summed E-state index contributed by atoms with van der Waals surface area (Å²) in [6.07, 6.45) is 2.61. The molecule has 1 atom stereocenters. The van der Waals surface area contributed by atoms with Crippen molar-refractivity contribution < 1.29 is 9.53 Å². The van der Waals surface area contributed by atoms with Gasteiger partial charge >= 0.3 is 0 Å². The molecule has 0 spiro atoms. The molecule has 1 N–H and O–H groups in total. The van der Waals surface area contributed by atoms with Crippen LogP contribution < -0.4 is 5.32 Å². The Labute approximate surface area is 162 Å². The molecule has 3 heterocycles. The van der Waals surface area contributed by atoms with Crippen molar-refractivity contribution in [1.82, 2.24) is 9.88 Å². The van der Waals surface area contributed by atoms with Gasteiger partial charge in [-0.15, -0.1) is 11.8 Å². The van der Waals surface area contributed by atoms with E-state index in [4.69, 9.17) is 16.3 Å². The van der Waals surface area contributed by atoms with Crippen molar-refractivity contribution >= 4 is 35.1 Å². The van der Waals surface area contributed by atoms with Crippen LogP contribution in [0.4, 0.5) is 5.82 Å². The molecule has 4 rings (SSSR count). The maximum atomic E-state index is 12.6. The lowest BCUT2D eigenvalue weighted by molar-refractivity contribution is 0.0302. The molecule has 1 amide bonds. The van der Waals surface area contributed by atoms with Gasteiger partial charge in [0.15, 0.2) is 0 Å². The van der Waals surface area contributed by atoms with E-state index in [0.717, 1.165) is 12.2 Å². The first kappa shape index (κ1) is 17.6. The second kappa shape index (κ2) is 7.86. The highest BCUT2D eigenvalue weighted by molar-refractivity contribution is 7.99. The first-order valence-electron chi connectivity index (χ1n) is 8.73. The number of hydrogen-bond donors (Lipinski definition) is 1. The van der Waals surface area contributed by atoms with E-state index in [1.807, 2.05) is 11.8 Å². The monoisotopic (exact) mass is 389 g/mol. The predicted octanol–water partition coefficient (Wildman–Crippen LogP) is 3.86. The number of hydrogen-bond acceptors (Lipinski definition) is 5. The number of nitrogens with one attached hydrogen (secondary N) is 1. The van der Waals surface area contributed by atoms with Gasteiger partial charge in [0.05, 0.1) is 29.8 Å². The second-order valence-corrected chi connectivity index (χ2v) is 7.87. The van der Waals surface area contributed by atoms with Gasteiger partial charge in [-0.25, -0.2) is 4.98 Å². The molecule has 1 saturated heterocycles. The number of thioether (sulfide) groups is 1. The van der Waals surface area contributed by atoms with E-state index < -0.39 is 0 Å². The quantitative estimate of drug-likeness (QED) is 0.863. The summed E-state index contributed by atoms with van der Waals surface area (Å²) in [6, 6.07) is 10.3. The summed E-state index contributed by atoms with van der Waals surface area (Å²) in [5.74, 6) is 1.63. The Morgan fingerprint density at radius 3 is 2.92 bits per heavy atom. The highest BCUT2D eigenvalue weighted by Crippen LogP contribution is 2.38. The summed E-state index contributed by atoms with van der Waals surface area (Å²) in [6.45, 7) is 2.36. The average molecular weight is 390 g/mol. The van der Waals surface area contributed by atoms with Crippen LogP contribution in [0.15, 0.2) is 41.4 Å². The summed E-state index contributed by atoms with van der Waals surface area (Å²) in [5.41, 5.74) is 1.79. The van der Waals surface area contributed by atoms with E-state index in [9.17, 15) is 4.79 Å². The third-order valence-corrected chi connectivity index (χ3v) is 6.07. The van der Waals surface area contributed by atoms with Gasteiger partial charge in [0.1, 0.15) is 5.82 Å². The van der Waals surface area contributed by atoms with Gasteiger partial charge in [0.2, 0.25) is 0 Å². The molecule has 136 valence electrons. The highest BCUT2D eigenvalue weighted by Gasteiger charge is 2.23. The first-order valence-corrected chi connectivity index (χ1v) is 10.1. The molecule has 26 heavy (non-hydrogen) atoms. The molecule has 1 aromatic carbocycles. The summed E-state index contributed by atoms with van der Waals surface area (Å²) in [4.78, 5) is 20.1. The minimum atomic E-state index is -0.0475. The van der Waals surface area contributed by atoms with Crippen LogP contribution in [0.2, 0.25) is 5.02 Å². The molecule has 2 aromatic rings. The summed E-state index contributed by atoms with van der Waals surface area (Å²) in [5, 5.41) is 3.92. The molecule has 0 bridgehead atoms. The molecular weight excluding hydrogens is 370 g/mol. The normalized spacial score (nSPS) is 19.7. The number of aromatic nitrogens is 1. The number of fused-ring (bicyclic) bond motifs is 1. The lowest BCUT2D eigenvalue weighted by Gasteiger charge is -2.28. The fourth-order valence-electron chi connectivity index (χ4n) is 3.27. The molecule has 1 fully saturated rings. The second-order valence-electron chi connectivity index (χ2n) is 6.33. The molecule has 0 radical (unpaired) electrons. The van der Waals surface area contributed by atoms with E-state index in [1.54, 1.807) is 17.2 Å². The number of carbonyl (C=O) groups is 1. The number of ether oxygens (including phenoxy) is 1. The minimum Gasteiger partial charge on any atom is -0.378 e. The highest BCUT2D eigenvalue weighted by atomic mass is 35.5. The standard InChI is InChI=1S/C19H20ClN3O2S/c20-15-11-13(19(24)23-6-8-25-9-7-23)12-21-18(15)22-16-5-10-26-17-4-2-1-3-14(16)17/h1-4,11-12,16H,5-10H2,(H,21,22). The SMILES string of the molecule is O=C(c1cnc(NC2CCSc3ccccc32)c(Cl)c1)N1CCOCC1. The minimum absolute atomic E-state index is 0.0475. The molecule has 5 nitrogen and oxygen atoms in total. The molecule has 2 aliphatic heterocycles. The van der Waals surface area contributed by atoms with Gasteiger partial charge in [0, 0.05) is 29.9 Å². The van der Waals surface area contributed by atoms with Crippen molar-refractivity contribution in [2.75, 3.05) is 37.4 Å². The number of carbonyl (C=O) groups excluding carboxylic acids is 1. The van der Waals surface area contributed by atoms with Crippen LogP contribution >= 0.6 is 23.4 Å². The van der Waals surface area contributed by atoms with Crippen molar-refractivity contribution in [3.8, 4) is 0 Å². The maximum absolute atomic E-state index is 12.6. The Hall–Kier alpha value is -1.76. The van der Waals surface area contributed by atoms with Crippen molar-refractivity contribution in [3.63, 3.8) is 0 Å². The predicted molar refractivity (Wildman–Crippen MR) is 104 cm³/mol. The molecule has 1 unspecified atom stereocenters. The number of anilines is 1. The Morgan fingerprint density at radius 2 is 2.12 bits per heavy atom. The molecule has 0 aliphatic carbocycles. The van der Waals surface area contributed by atoms with Crippen molar-refractivity contribution in [2.45, 2.75) is 17.4 Å². The third kappa shape index (κ3) is 3.68. The zero-order valence-corrected chi connectivity index (χ0v) is 15.9. The number of nitrogens with zero attached hydrogens (tertiary/aromatic N) is 2. The maximum Gasteiger partial charge on any atom is 0.255 e. The number of morpholine rings is 1. The number of halogens is 1. The van der Waals surface area contributed by atoms with E-state index >= 15 is 0 Å². The molecule has 0 saturated carbocycles. The fourth-order valence-corrected chi connectivity index (χ4v) is 4.61. The fraction of sp³-hybridized carbons (Fsp3) is 0.368. The van der Waals surface area contributed by atoms with Crippen molar-refractivity contribution in [2.24, 2.45) is 0 Å². The van der Waals surface area contributed by atoms with Crippen LogP contribution in [-0.4, -0.2) is 47.8 Å². The van der Waals surface area contributed by atoms with Gasteiger partial charge in [0.25, 0.3) is 5.91 Å². The first-order chi connectivity index (χ1) is 12.7. The Morgan fingerprint density at radius 1 is 1.31 bits per heavy atom. The van der Waals surface area contributed by atoms with Crippen LogP contribution in [0.25, 0.3) is 0 Å². The van der Waals surface area contributed by atoms with Gasteiger partial charge < -0.3 is 15.0 Å². The Balaban J connectivity index is 1.51. The Kier molecular flexibility index (Phi) is 5.33. The number of benzene rings is 1. The topological polar surface area (TPSA) is 54.5 Å². The molecule has 2 aliphatic rings. The van der Waals surface area contributed by atoms with E-state index in [2.05, 4.69) is 34.6 Å².